The van der Waals surface area contributed by atoms with Crippen molar-refractivity contribution in [2.45, 2.75) is 108 Å². The third kappa shape index (κ3) is 8.44. The van der Waals surface area contributed by atoms with E-state index in [2.05, 4.69) is 10.6 Å². The summed E-state index contributed by atoms with van der Waals surface area (Å²) >= 11 is 8.32. The first kappa shape index (κ1) is 39.2. The van der Waals surface area contributed by atoms with Crippen molar-refractivity contribution in [3.05, 3.63) is 23.2 Å². The topological polar surface area (TPSA) is 166 Å². The van der Waals surface area contributed by atoms with Crippen LogP contribution in [0.3, 0.4) is 0 Å². The van der Waals surface area contributed by atoms with Crippen molar-refractivity contribution in [3.8, 4) is 11.5 Å². The molecule has 6 rings (SSSR count). The average molecular weight is 775 g/mol. The predicted molar refractivity (Wildman–Crippen MR) is 199 cm³/mol. The van der Waals surface area contributed by atoms with E-state index in [0.29, 0.717) is 70.3 Å². The van der Waals surface area contributed by atoms with Crippen molar-refractivity contribution in [3.63, 3.8) is 0 Å². The Balaban J connectivity index is 1.28. The molecule has 4 aliphatic rings. The van der Waals surface area contributed by atoms with Gasteiger partial charge in [-0.2, -0.15) is 0 Å². The summed E-state index contributed by atoms with van der Waals surface area (Å²) in [4.78, 5) is 60.4. The van der Waals surface area contributed by atoms with Gasteiger partial charge >= 0.3 is 12.1 Å². The number of aromatic nitrogens is 1. The van der Waals surface area contributed by atoms with E-state index < -0.39 is 53.0 Å². The third-order valence-corrected chi connectivity index (χ3v) is 12.1. The second kappa shape index (κ2) is 15.7. The number of hydrogen-bond donors (Lipinski definition) is 3. The number of benzene rings is 1. The van der Waals surface area contributed by atoms with Crippen LogP contribution in [0.5, 0.6) is 11.5 Å². The summed E-state index contributed by atoms with van der Waals surface area (Å²) < 4.78 is 23.3. The van der Waals surface area contributed by atoms with E-state index in [1.54, 1.807) is 13.2 Å². The highest BCUT2D eigenvalue weighted by atomic mass is 35.5. The SMILES string of the molecule is CCSc1cc(O[C@@H]2C[C@@H](C(=O)N[C@]3(C(=O)O)C[C@H]3CC)N(C(=O)[C@@H](NC(=O)OC3C[C@@H]4C[C@@H]4C3)C(C)(C)C)C2)c2ccc(OCCOC)c(Cl)c2n1. The van der Waals surface area contributed by atoms with Crippen LogP contribution in [-0.2, 0) is 23.9 Å². The van der Waals surface area contributed by atoms with Crippen molar-refractivity contribution in [2.24, 2.45) is 23.2 Å². The molecule has 2 heterocycles. The number of alkyl carbamates (subject to hydrolysis) is 1. The van der Waals surface area contributed by atoms with Gasteiger partial charge in [0.15, 0.2) is 0 Å². The number of ether oxygens (including phenoxy) is 4. The monoisotopic (exact) mass is 774 g/mol. The van der Waals surface area contributed by atoms with E-state index in [9.17, 15) is 24.3 Å². The Morgan fingerprint density at radius 2 is 1.81 bits per heavy atom. The van der Waals surface area contributed by atoms with E-state index in [1.165, 1.54) is 23.1 Å². The Bertz CT molecular complexity index is 1730. The first-order valence-corrected chi connectivity index (χ1v) is 19.9. The molecule has 3 aliphatic carbocycles. The maximum absolute atomic E-state index is 14.6. The fourth-order valence-electron chi connectivity index (χ4n) is 7.87. The van der Waals surface area contributed by atoms with E-state index >= 15 is 0 Å². The number of aliphatic carboxylic acids is 1. The fraction of sp³-hybridized carbons (Fsp3) is 0.658. The number of amides is 3. The summed E-state index contributed by atoms with van der Waals surface area (Å²) in [5.74, 6) is 0.505. The van der Waals surface area contributed by atoms with E-state index in [4.69, 9.17) is 35.5 Å². The first-order chi connectivity index (χ1) is 25.2. The molecule has 0 radical (unpaired) electrons. The van der Waals surface area contributed by atoms with Gasteiger partial charge in [0, 0.05) is 25.0 Å². The largest absolute Gasteiger partial charge is 0.490 e. The van der Waals surface area contributed by atoms with Crippen LogP contribution < -0.4 is 20.1 Å². The number of fused-ring (bicyclic) bond motifs is 2. The van der Waals surface area contributed by atoms with E-state index in [0.717, 1.165) is 18.6 Å². The van der Waals surface area contributed by atoms with Crippen LogP contribution in [0.4, 0.5) is 4.79 Å². The fourth-order valence-corrected chi connectivity index (χ4v) is 8.78. The first-order valence-electron chi connectivity index (χ1n) is 18.6. The van der Waals surface area contributed by atoms with Crippen molar-refractivity contribution >= 4 is 58.1 Å². The summed E-state index contributed by atoms with van der Waals surface area (Å²) in [7, 11) is 1.58. The molecule has 1 aliphatic heterocycles. The number of carbonyl (C=O) groups is 4. The molecule has 0 spiro atoms. The standard InChI is InChI=1S/C38H51ClN4O9S/c1-7-22-18-38(22,35(46)47)42-33(44)26-16-24(19-43(26)34(45)32(37(3,4)5)41-36(48)52-23-14-20-13-21(20)15-23)51-28-17-29(53-8-2)40-31-25(28)9-10-27(30(31)39)50-12-11-49-6/h9-10,17,20-24,26,32H,7-8,11-16,18-19H2,1-6H3,(H,41,48)(H,42,44)(H,46,47)/t20-,21+,22-,23?,24-,26+,32-,38-/m1/s1. The summed E-state index contributed by atoms with van der Waals surface area (Å²) in [6, 6.07) is 3.26. The highest BCUT2D eigenvalue weighted by Gasteiger charge is 2.61. The van der Waals surface area contributed by atoms with Gasteiger partial charge in [0.25, 0.3) is 0 Å². The van der Waals surface area contributed by atoms with Gasteiger partial charge in [-0.05, 0) is 66.7 Å². The Hall–Kier alpha value is -3.49. The van der Waals surface area contributed by atoms with Gasteiger partial charge in [-0.25, -0.2) is 14.6 Å². The molecule has 0 bridgehead atoms. The summed E-state index contributed by atoms with van der Waals surface area (Å²) in [5, 5.41) is 17.3. The molecule has 15 heteroatoms. The number of carbonyl (C=O) groups excluding carboxylic acids is 3. The lowest BCUT2D eigenvalue weighted by molar-refractivity contribution is -0.146. The highest BCUT2D eigenvalue weighted by molar-refractivity contribution is 7.99. The van der Waals surface area contributed by atoms with Gasteiger partial charge in [0.05, 0.1) is 18.7 Å². The van der Waals surface area contributed by atoms with Crippen LogP contribution in [0.1, 0.15) is 73.1 Å². The second-order valence-corrected chi connectivity index (χ2v) is 17.4. The minimum atomic E-state index is -1.39. The van der Waals surface area contributed by atoms with E-state index in [-0.39, 0.29) is 25.0 Å². The lowest BCUT2D eigenvalue weighted by atomic mass is 9.85. The number of carboxylic acids is 1. The number of pyridine rings is 1. The van der Waals surface area contributed by atoms with Crippen LogP contribution in [0.15, 0.2) is 23.2 Å². The molecule has 8 atom stereocenters. The summed E-state index contributed by atoms with van der Waals surface area (Å²) in [6.45, 7) is 10.1. The molecule has 290 valence electrons. The minimum absolute atomic E-state index is 0.00943. The molecule has 3 saturated carbocycles. The quantitative estimate of drug-likeness (QED) is 0.151. The Morgan fingerprint density at radius 1 is 1.08 bits per heavy atom. The molecule has 1 saturated heterocycles. The number of nitrogens with zero attached hydrogens (tertiary/aromatic N) is 2. The van der Waals surface area contributed by atoms with Crippen LogP contribution in [0.25, 0.3) is 10.9 Å². The number of nitrogens with one attached hydrogen (secondary N) is 2. The van der Waals surface area contributed by atoms with Crippen molar-refractivity contribution < 1.29 is 43.2 Å². The molecular weight excluding hydrogens is 724 g/mol. The number of halogens is 1. The molecule has 3 N–H and O–H groups in total. The predicted octanol–water partition coefficient (Wildman–Crippen LogP) is 5.68. The molecule has 4 fully saturated rings. The van der Waals surface area contributed by atoms with Gasteiger partial charge < -0.3 is 39.6 Å². The molecule has 1 aromatic heterocycles. The number of rotatable bonds is 15. The van der Waals surface area contributed by atoms with Crippen molar-refractivity contribution in [1.29, 1.82) is 0 Å². The van der Waals surface area contributed by atoms with Gasteiger partial charge in [-0.15, -0.1) is 11.8 Å². The zero-order valence-corrected chi connectivity index (χ0v) is 32.8. The van der Waals surface area contributed by atoms with Gasteiger partial charge in [-0.3, -0.25) is 9.59 Å². The Labute approximate surface area is 319 Å². The van der Waals surface area contributed by atoms with E-state index in [1.807, 2.05) is 46.8 Å². The maximum Gasteiger partial charge on any atom is 0.408 e. The lowest BCUT2D eigenvalue weighted by Crippen LogP contribution is -2.59. The number of hydrogen-bond acceptors (Lipinski definition) is 10. The van der Waals surface area contributed by atoms with Gasteiger partial charge in [0.1, 0.15) is 58.0 Å². The molecule has 3 amide bonds. The lowest BCUT2D eigenvalue weighted by Gasteiger charge is -2.35. The third-order valence-electron chi connectivity index (χ3n) is 11.0. The van der Waals surface area contributed by atoms with Crippen molar-refractivity contribution in [1.82, 2.24) is 20.5 Å². The normalized spacial score (nSPS) is 27.9. The summed E-state index contributed by atoms with van der Waals surface area (Å²) in [5.41, 5.74) is -1.67. The number of carboxylic acid groups (broad SMARTS) is 1. The van der Waals surface area contributed by atoms with Crippen LogP contribution in [-0.4, -0.2) is 101 Å². The van der Waals surface area contributed by atoms with Crippen molar-refractivity contribution in [2.75, 3.05) is 32.6 Å². The zero-order chi connectivity index (χ0) is 38.2. The number of likely N-dealkylation sites (tertiary alicyclic amines) is 1. The maximum atomic E-state index is 14.6. The van der Waals surface area contributed by atoms with Crippen LogP contribution >= 0.6 is 23.4 Å². The van der Waals surface area contributed by atoms with Crippen LogP contribution in [0, 0.1) is 23.2 Å². The average Bonchev–Trinajstić information content (AvgIpc) is 3.91. The van der Waals surface area contributed by atoms with Gasteiger partial charge in [-0.1, -0.05) is 52.6 Å². The molecule has 2 aromatic rings. The molecular formula is C38H51ClN4O9S. The molecule has 53 heavy (non-hydrogen) atoms. The molecule has 13 nitrogen and oxygen atoms in total. The second-order valence-electron chi connectivity index (χ2n) is 15.8. The molecule has 1 unspecified atom stereocenters. The number of methoxy groups -OCH3 is 1. The molecule has 1 aromatic carbocycles. The smallest absolute Gasteiger partial charge is 0.408 e. The zero-order valence-electron chi connectivity index (χ0n) is 31.2. The highest BCUT2D eigenvalue weighted by Crippen LogP contribution is 2.52. The van der Waals surface area contributed by atoms with Crippen LogP contribution in [0.2, 0.25) is 5.02 Å². The Morgan fingerprint density at radius 3 is 2.43 bits per heavy atom. The number of thioether (sulfide) groups is 1. The summed E-state index contributed by atoms with van der Waals surface area (Å²) in [6.07, 6.45) is 2.31. The minimum Gasteiger partial charge on any atom is -0.490 e. The van der Waals surface area contributed by atoms with Gasteiger partial charge in [0.2, 0.25) is 11.8 Å². The Kier molecular flexibility index (Phi) is 11.6.